The quantitative estimate of drug-likeness (QED) is 0.770. The van der Waals surface area contributed by atoms with E-state index in [1.165, 1.54) is 11.0 Å². The van der Waals surface area contributed by atoms with Gasteiger partial charge in [-0.05, 0) is 26.0 Å². The number of carbonyl (C=O) groups is 1. The van der Waals surface area contributed by atoms with Crippen LogP contribution in [0.4, 0.5) is 8.78 Å². The van der Waals surface area contributed by atoms with Crippen molar-refractivity contribution in [2.75, 3.05) is 13.1 Å². The Hall–Kier alpha value is -1.49. The second kappa shape index (κ2) is 5.02. The summed E-state index contributed by atoms with van der Waals surface area (Å²) >= 11 is 0. The number of benzene rings is 1. The van der Waals surface area contributed by atoms with Crippen molar-refractivity contribution >= 4 is 5.91 Å². The van der Waals surface area contributed by atoms with Crippen LogP contribution in [0, 0.1) is 11.6 Å². The molecule has 1 amide bonds. The number of carbonyl (C=O) groups excluding carboxylic acids is 1. The molecular formula is C13H15F2NO2. The minimum absolute atomic E-state index is 0.0822. The van der Waals surface area contributed by atoms with Gasteiger partial charge in [-0.15, -0.1) is 0 Å². The molecule has 0 N–H and O–H groups in total. The van der Waals surface area contributed by atoms with Crippen LogP contribution in [0.15, 0.2) is 18.2 Å². The maximum absolute atomic E-state index is 13.5. The Labute approximate surface area is 104 Å². The van der Waals surface area contributed by atoms with Crippen molar-refractivity contribution in [3.8, 4) is 0 Å². The fourth-order valence-electron chi connectivity index (χ4n) is 2.18. The minimum Gasteiger partial charge on any atom is -0.372 e. The van der Waals surface area contributed by atoms with Gasteiger partial charge in [0.15, 0.2) is 0 Å². The van der Waals surface area contributed by atoms with Gasteiger partial charge in [-0.1, -0.05) is 0 Å². The standard InChI is InChI=1S/C13H15F2NO2/c1-8-6-16(7-9(2)18-8)13(17)11-4-3-10(14)5-12(11)15/h3-5,8-9H,6-7H2,1-2H3/t8-,9-/m1/s1. The van der Waals surface area contributed by atoms with Crippen molar-refractivity contribution in [2.45, 2.75) is 26.1 Å². The normalized spacial score (nSPS) is 24.1. The van der Waals surface area contributed by atoms with Crippen LogP contribution in [0.2, 0.25) is 0 Å². The van der Waals surface area contributed by atoms with Crippen LogP contribution in [0.3, 0.4) is 0 Å². The molecule has 1 fully saturated rings. The van der Waals surface area contributed by atoms with Gasteiger partial charge in [-0.25, -0.2) is 8.78 Å². The fraction of sp³-hybridized carbons (Fsp3) is 0.462. The molecule has 0 aliphatic carbocycles. The molecule has 0 radical (unpaired) electrons. The van der Waals surface area contributed by atoms with Crippen LogP contribution in [0.1, 0.15) is 24.2 Å². The number of amides is 1. The summed E-state index contributed by atoms with van der Waals surface area (Å²) in [5, 5.41) is 0. The van der Waals surface area contributed by atoms with Gasteiger partial charge in [0.1, 0.15) is 11.6 Å². The average molecular weight is 255 g/mol. The summed E-state index contributed by atoms with van der Waals surface area (Å²) in [5.41, 5.74) is -0.0994. The van der Waals surface area contributed by atoms with Crippen molar-refractivity contribution in [3.05, 3.63) is 35.4 Å². The summed E-state index contributed by atoms with van der Waals surface area (Å²) in [7, 11) is 0. The van der Waals surface area contributed by atoms with Crippen LogP contribution in [-0.2, 0) is 4.74 Å². The Morgan fingerprint density at radius 2 is 1.89 bits per heavy atom. The van der Waals surface area contributed by atoms with Crippen LogP contribution in [0.5, 0.6) is 0 Å². The topological polar surface area (TPSA) is 29.5 Å². The molecule has 0 aromatic heterocycles. The monoisotopic (exact) mass is 255 g/mol. The fourth-order valence-corrected chi connectivity index (χ4v) is 2.18. The minimum atomic E-state index is -0.827. The number of rotatable bonds is 1. The molecular weight excluding hydrogens is 240 g/mol. The molecule has 3 nitrogen and oxygen atoms in total. The molecule has 0 unspecified atom stereocenters. The van der Waals surface area contributed by atoms with Gasteiger partial charge in [0.2, 0.25) is 0 Å². The van der Waals surface area contributed by atoms with E-state index in [4.69, 9.17) is 4.74 Å². The van der Waals surface area contributed by atoms with Crippen LogP contribution in [-0.4, -0.2) is 36.1 Å². The van der Waals surface area contributed by atoms with Crippen molar-refractivity contribution in [2.24, 2.45) is 0 Å². The van der Waals surface area contributed by atoms with E-state index in [0.717, 1.165) is 12.1 Å². The van der Waals surface area contributed by atoms with Crippen molar-refractivity contribution in [1.29, 1.82) is 0 Å². The van der Waals surface area contributed by atoms with Gasteiger partial charge < -0.3 is 9.64 Å². The van der Waals surface area contributed by atoms with E-state index in [1.807, 2.05) is 13.8 Å². The maximum Gasteiger partial charge on any atom is 0.257 e. The molecule has 1 heterocycles. The molecule has 5 heteroatoms. The van der Waals surface area contributed by atoms with E-state index in [-0.39, 0.29) is 17.8 Å². The molecule has 0 spiro atoms. The summed E-state index contributed by atoms with van der Waals surface area (Å²) in [5.74, 6) is -1.94. The van der Waals surface area contributed by atoms with Gasteiger partial charge in [-0.2, -0.15) is 0 Å². The Morgan fingerprint density at radius 1 is 1.28 bits per heavy atom. The van der Waals surface area contributed by atoms with E-state index in [0.29, 0.717) is 13.1 Å². The van der Waals surface area contributed by atoms with E-state index >= 15 is 0 Å². The third-order valence-electron chi connectivity index (χ3n) is 2.87. The van der Waals surface area contributed by atoms with Crippen molar-refractivity contribution < 1.29 is 18.3 Å². The Kier molecular flexibility index (Phi) is 3.61. The van der Waals surface area contributed by atoms with Crippen LogP contribution >= 0.6 is 0 Å². The Bertz CT molecular complexity index is 454. The molecule has 1 aromatic carbocycles. The molecule has 98 valence electrons. The zero-order valence-corrected chi connectivity index (χ0v) is 10.3. The lowest BCUT2D eigenvalue weighted by atomic mass is 10.1. The van der Waals surface area contributed by atoms with Gasteiger partial charge in [0, 0.05) is 19.2 Å². The summed E-state index contributed by atoms with van der Waals surface area (Å²) in [6, 6.07) is 2.99. The van der Waals surface area contributed by atoms with Crippen molar-refractivity contribution in [1.82, 2.24) is 4.90 Å². The summed E-state index contributed by atoms with van der Waals surface area (Å²) < 4.78 is 31.8. The predicted molar refractivity (Wildman–Crippen MR) is 62.3 cm³/mol. The first-order valence-electron chi connectivity index (χ1n) is 5.87. The smallest absolute Gasteiger partial charge is 0.257 e. The second-order valence-electron chi connectivity index (χ2n) is 4.59. The van der Waals surface area contributed by atoms with E-state index in [9.17, 15) is 13.6 Å². The zero-order valence-electron chi connectivity index (χ0n) is 10.3. The number of hydrogen-bond donors (Lipinski definition) is 0. The molecule has 2 atom stereocenters. The molecule has 1 aliphatic heterocycles. The molecule has 0 bridgehead atoms. The second-order valence-corrected chi connectivity index (χ2v) is 4.59. The molecule has 1 aliphatic rings. The molecule has 1 aromatic rings. The molecule has 0 saturated carbocycles. The lowest BCUT2D eigenvalue weighted by Crippen LogP contribution is -2.48. The highest BCUT2D eigenvalue weighted by molar-refractivity contribution is 5.94. The Balaban J connectivity index is 2.20. The highest BCUT2D eigenvalue weighted by atomic mass is 19.1. The third-order valence-corrected chi connectivity index (χ3v) is 2.87. The number of ether oxygens (including phenoxy) is 1. The predicted octanol–water partition coefficient (Wildman–Crippen LogP) is 2.21. The highest BCUT2D eigenvalue weighted by Crippen LogP contribution is 2.17. The highest BCUT2D eigenvalue weighted by Gasteiger charge is 2.27. The van der Waals surface area contributed by atoms with E-state index in [2.05, 4.69) is 0 Å². The first-order chi connectivity index (χ1) is 8.47. The SMILES string of the molecule is C[C@@H]1CN(C(=O)c2ccc(F)cc2F)C[C@@H](C)O1. The van der Waals surface area contributed by atoms with E-state index < -0.39 is 17.5 Å². The number of morpholine rings is 1. The third kappa shape index (κ3) is 2.67. The lowest BCUT2D eigenvalue weighted by Gasteiger charge is -2.35. The number of nitrogens with zero attached hydrogens (tertiary/aromatic N) is 1. The first kappa shape index (κ1) is 13.0. The summed E-state index contributed by atoms with van der Waals surface area (Å²) in [4.78, 5) is 13.7. The first-order valence-corrected chi connectivity index (χ1v) is 5.87. The largest absolute Gasteiger partial charge is 0.372 e. The van der Waals surface area contributed by atoms with Gasteiger partial charge in [0.25, 0.3) is 5.91 Å². The van der Waals surface area contributed by atoms with Gasteiger partial charge >= 0.3 is 0 Å². The lowest BCUT2D eigenvalue weighted by molar-refractivity contribution is -0.0587. The number of hydrogen-bond acceptors (Lipinski definition) is 2. The van der Waals surface area contributed by atoms with Gasteiger partial charge in [0.05, 0.1) is 17.8 Å². The van der Waals surface area contributed by atoms with Gasteiger partial charge in [-0.3, -0.25) is 4.79 Å². The molecule has 2 rings (SSSR count). The number of halogens is 2. The van der Waals surface area contributed by atoms with Crippen molar-refractivity contribution in [3.63, 3.8) is 0 Å². The maximum atomic E-state index is 13.5. The summed E-state index contributed by atoms with van der Waals surface area (Å²) in [6.07, 6.45) is -0.164. The summed E-state index contributed by atoms with van der Waals surface area (Å²) in [6.45, 7) is 4.55. The van der Waals surface area contributed by atoms with Crippen LogP contribution in [0.25, 0.3) is 0 Å². The van der Waals surface area contributed by atoms with E-state index in [1.54, 1.807) is 0 Å². The average Bonchev–Trinajstić information content (AvgIpc) is 2.26. The van der Waals surface area contributed by atoms with Crippen LogP contribution < -0.4 is 0 Å². The zero-order chi connectivity index (χ0) is 13.3. The molecule has 18 heavy (non-hydrogen) atoms. The Morgan fingerprint density at radius 3 is 2.44 bits per heavy atom. The molecule has 1 saturated heterocycles.